The molecule has 1 fully saturated rings. The molecule has 1 aliphatic heterocycles. The summed E-state index contributed by atoms with van der Waals surface area (Å²) < 4.78 is 0.963. The van der Waals surface area contributed by atoms with Gasteiger partial charge in [0.15, 0.2) is 0 Å². The Morgan fingerprint density at radius 1 is 0.784 bits per heavy atom. The first kappa shape index (κ1) is 22.6. The molecule has 2 bridgehead atoms. The molecule has 180 valence electrons. The highest BCUT2D eigenvalue weighted by atomic mass is 79.9. The van der Waals surface area contributed by atoms with E-state index in [0.717, 1.165) is 32.4 Å². The van der Waals surface area contributed by atoms with E-state index in [2.05, 4.69) is 40.2 Å². The summed E-state index contributed by atoms with van der Waals surface area (Å²) in [6.07, 6.45) is 1.90. The van der Waals surface area contributed by atoms with Crippen molar-refractivity contribution in [1.29, 1.82) is 0 Å². The summed E-state index contributed by atoms with van der Waals surface area (Å²) in [4.78, 5) is 34.7. The number of aliphatic imine (C=N–C) groups is 1. The van der Waals surface area contributed by atoms with E-state index in [1.807, 2.05) is 54.7 Å². The van der Waals surface area contributed by atoms with Crippen LogP contribution in [0, 0.1) is 11.8 Å². The second-order valence-corrected chi connectivity index (χ2v) is 11.0. The number of hydrogen-bond acceptors (Lipinski definition) is 3. The molecule has 37 heavy (non-hydrogen) atoms. The molecule has 0 aromatic heterocycles. The molecule has 0 saturated carbocycles. The molecular weight excluding hydrogens is 548 g/mol. The van der Waals surface area contributed by atoms with E-state index < -0.39 is 17.3 Å². The lowest BCUT2D eigenvalue weighted by atomic mass is 9.47. The molecule has 8 rings (SSSR count). The molecule has 4 aromatic rings. The standard InChI is InChI=1S/C31H20BrClN2O2/c32-18-13-15-19(16-14-18)34-17-31-22-9-3-1-7-20(22)26(21-8-2-4-10-23(21)31)27-28(31)30(37)35(29(27)36)25-12-6-5-11-24(25)33/h1-17,26-28H/t26?,27-,28-,31?/m0/s1. The average molecular weight is 568 g/mol. The van der Waals surface area contributed by atoms with E-state index >= 15 is 0 Å². The van der Waals surface area contributed by atoms with Gasteiger partial charge in [0.2, 0.25) is 11.8 Å². The van der Waals surface area contributed by atoms with Crippen LogP contribution < -0.4 is 4.90 Å². The molecule has 4 nitrogen and oxygen atoms in total. The van der Waals surface area contributed by atoms with Crippen LogP contribution in [0.3, 0.4) is 0 Å². The summed E-state index contributed by atoms with van der Waals surface area (Å²) in [5.41, 5.74) is 4.52. The molecule has 1 heterocycles. The highest BCUT2D eigenvalue weighted by Gasteiger charge is 2.68. The fraction of sp³-hybridized carbons (Fsp3) is 0.129. The zero-order valence-electron chi connectivity index (χ0n) is 19.5. The van der Waals surface area contributed by atoms with Crippen LogP contribution in [0.15, 0.2) is 107 Å². The average Bonchev–Trinajstić information content (AvgIpc) is 3.19. The lowest BCUT2D eigenvalue weighted by Gasteiger charge is -2.52. The minimum atomic E-state index is -0.900. The molecule has 3 aliphatic carbocycles. The van der Waals surface area contributed by atoms with Crippen molar-refractivity contribution in [3.63, 3.8) is 0 Å². The Hall–Kier alpha value is -3.54. The Morgan fingerprint density at radius 3 is 2.03 bits per heavy atom. The fourth-order valence-corrected chi connectivity index (χ4v) is 7.11. The van der Waals surface area contributed by atoms with Crippen LogP contribution in [0.5, 0.6) is 0 Å². The zero-order chi connectivity index (χ0) is 25.3. The normalized spacial score (nSPS) is 25.4. The Kier molecular flexibility index (Phi) is 5.04. The van der Waals surface area contributed by atoms with Gasteiger partial charge in [0.1, 0.15) is 0 Å². The third kappa shape index (κ3) is 3.04. The van der Waals surface area contributed by atoms with Crippen molar-refractivity contribution in [2.24, 2.45) is 16.8 Å². The quantitative estimate of drug-likeness (QED) is 0.197. The summed E-state index contributed by atoms with van der Waals surface area (Å²) in [6, 6.07) is 31.1. The summed E-state index contributed by atoms with van der Waals surface area (Å²) in [6.45, 7) is 0. The number of para-hydroxylation sites is 1. The van der Waals surface area contributed by atoms with Crippen LogP contribution in [0.2, 0.25) is 5.02 Å². The van der Waals surface area contributed by atoms with E-state index in [0.29, 0.717) is 10.7 Å². The van der Waals surface area contributed by atoms with Gasteiger partial charge >= 0.3 is 0 Å². The SMILES string of the molecule is O=C1[C@@H]2[C@@H](C(=O)N1c1ccccc1Cl)C1c3ccccc3C2(C=Nc2ccc(Br)cc2)c2ccccc21. The van der Waals surface area contributed by atoms with Gasteiger partial charge in [0.25, 0.3) is 0 Å². The van der Waals surface area contributed by atoms with Crippen LogP contribution in [0.1, 0.15) is 28.2 Å². The predicted molar refractivity (Wildman–Crippen MR) is 149 cm³/mol. The Balaban J connectivity index is 1.51. The first-order valence-electron chi connectivity index (χ1n) is 12.1. The molecule has 2 atom stereocenters. The van der Waals surface area contributed by atoms with Crippen molar-refractivity contribution in [2.75, 3.05) is 4.90 Å². The second-order valence-electron chi connectivity index (χ2n) is 9.72. The van der Waals surface area contributed by atoms with Gasteiger partial charge in [-0.1, -0.05) is 88.2 Å². The number of amides is 2. The topological polar surface area (TPSA) is 49.7 Å². The number of anilines is 1. The van der Waals surface area contributed by atoms with Crippen LogP contribution >= 0.6 is 27.5 Å². The smallest absolute Gasteiger partial charge is 0.239 e. The van der Waals surface area contributed by atoms with E-state index in [9.17, 15) is 9.59 Å². The van der Waals surface area contributed by atoms with Crippen molar-refractivity contribution in [3.8, 4) is 0 Å². The number of imide groups is 1. The maximum Gasteiger partial charge on any atom is 0.239 e. The Bertz CT molecular complexity index is 1580. The highest BCUT2D eigenvalue weighted by Crippen LogP contribution is 2.64. The van der Waals surface area contributed by atoms with Crippen LogP contribution in [0.4, 0.5) is 11.4 Å². The summed E-state index contributed by atoms with van der Waals surface area (Å²) in [5, 5.41) is 0.378. The molecule has 0 spiro atoms. The van der Waals surface area contributed by atoms with Crippen molar-refractivity contribution in [1.82, 2.24) is 0 Å². The number of carbonyl (C=O) groups is 2. The van der Waals surface area contributed by atoms with E-state index in [-0.39, 0.29) is 17.7 Å². The minimum Gasteiger partial charge on any atom is -0.274 e. The van der Waals surface area contributed by atoms with Crippen molar-refractivity contribution >= 4 is 56.9 Å². The number of halogens is 2. The lowest BCUT2D eigenvalue weighted by molar-refractivity contribution is -0.122. The first-order valence-corrected chi connectivity index (χ1v) is 13.3. The van der Waals surface area contributed by atoms with Crippen LogP contribution in [-0.4, -0.2) is 18.0 Å². The molecule has 4 aromatic carbocycles. The summed E-state index contributed by atoms with van der Waals surface area (Å²) >= 11 is 9.99. The first-order chi connectivity index (χ1) is 18.0. The molecule has 0 radical (unpaired) electrons. The molecule has 4 aliphatic rings. The van der Waals surface area contributed by atoms with Gasteiger partial charge in [-0.25, -0.2) is 4.90 Å². The number of benzene rings is 4. The molecule has 2 amide bonds. The van der Waals surface area contributed by atoms with Crippen molar-refractivity contribution in [3.05, 3.63) is 129 Å². The largest absolute Gasteiger partial charge is 0.274 e. The number of nitrogens with zero attached hydrogens (tertiary/aromatic N) is 2. The molecular formula is C31H20BrClN2O2. The minimum absolute atomic E-state index is 0.210. The van der Waals surface area contributed by atoms with E-state index in [1.54, 1.807) is 24.3 Å². The van der Waals surface area contributed by atoms with Gasteiger partial charge in [-0.2, -0.15) is 0 Å². The van der Waals surface area contributed by atoms with E-state index in [4.69, 9.17) is 16.6 Å². The molecule has 0 unspecified atom stereocenters. The summed E-state index contributed by atoms with van der Waals surface area (Å²) in [5.74, 6) is -1.85. The zero-order valence-corrected chi connectivity index (χ0v) is 21.9. The van der Waals surface area contributed by atoms with Gasteiger partial charge in [-0.05, 0) is 58.7 Å². The maximum absolute atomic E-state index is 14.4. The molecule has 0 N–H and O–H groups in total. The summed E-state index contributed by atoms with van der Waals surface area (Å²) in [7, 11) is 0. The van der Waals surface area contributed by atoms with Gasteiger partial charge in [0, 0.05) is 16.6 Å². The van der Waals surface area contributed by atoms with Gasteiger partial charge in [0.05, 0.1) is 33.6 Å². The number of hydrogen-bond donors (Lipinski definition) is 0. The van der Waals surface area contributed by atoms with Crippen molar-refractivity contribution in [2.45, 2.75) is 11.3 Å². The van der Waals surface area contributed by atoms with Gasteiger partial charge in [-0.3, -0.25) is 14.6 Å². The highest BCUT2D eigenvalue weighted by molar-refractivity contribution is 9.10. The van der Waals surface area contributed by atoms with Crippen LogP contribution in [0.25, 0.3) is 0 Å². The third-order valence-electron chi connectivity index (χ3n) is 8.02. The monoisotopic (exact) mass is 566 g/mol. The fourth-order valence-electron chi connectivity index (χ4n) is 6.62. The predicted octanol–water partition coefficient (Wildman–Crippen LogP) is 7.06. The Labute approximate surface area is 227 Å². The van der Waals surface area contributed by atoms with Gasteiger partial charge < -0.3 is 0 Å². The van der Waals surface area contributed by atoms with Gasteiger partial charge in [-0.15, -0.1) is 0 Å². The number of carbonyl (C=O) groups excluding carboxylic acids is 2. The third-order valence-corrected chi connectivity index (χ3v) is 8.87. The maximum atomic E-state index is 14.4. The van der Waals surface area contributed by atoms with Crippen LogP contribution in [-0.2, 0) is 15.0 Å². The molecule has 1 saturated heterocycles. The number of rotatable bonds is 3. The Morgan fingerprint density at radius 2 is 1.38 bits per heavy atom. The molecule has 6 heteroatoms. The van der Waals surface area contributed by atoms with E-state index in [1.165, 1.54) is 4.90 Å². The lowest BCUT2D eigenvalue weighted by Crippen LogP contribution is -2.54. The second kappa shape index (κ2) is 8.23. The van der Waals surface area contributed by atoms with Crippen molar-refractivity contribution < 1.29 is 9.59 Å².